The number of carbonyl (C=O) groups is 2. The zero-order valence-corrected chi connectivity index (χ0v) is 28.9. The molecular weight excluding hydrogens is 669 g/mol. The smallest absolute Gasteiger partial charge is 0.410 e. The van der Waals surface area contributed by atoms with Crippen LogP contribution in [0.1, 0.15) is 57.2 Å². The second-order valence-corrected chi connectivity index (χ2v) is 14.5. The van der Waals surface area contributed by atoms with Crippen LogP contribution in [0.2, 0.25) is 0 Å². The maximum atomic E-state index is 14.7. The van der Waals surface area contributed by atoms with Gasteiger partial charge < -0.3 is 19.1 Å². The zero-order valence-electron chi connectivity index (χ0n) is 28.1. The van der Waals surface area contributed by atoms with E-state index >= 15 is 0 Å². The third-order valence-electron chi connectivity index (χ3n) is 9.03. The number of aromatic nitrogens is 5. The summed E-state index contributed by atoms with van der Waals surface area (Å²) in [6.45, 7) is 9.76. The summed E-state index contributed by atoms with van der Waals surface area (Å²) in [5, 5.41) is 9.81. The number of alkyl halides is 3. The highest BCUT2D eigenvalue weighted by Gasteiger charge is 2.35. The Kier molecular flexibility index (Phi) is 8.78. The zero-order chi connectivity index (χ0) is 35.3. The number of hydrogen-bond donors (Lipinski definition) is 1. The quantitative estimate of drug-likeness (QED) is 0.193. The van der Waals surface area contributed by atoms with E-state index in [1.165, 1.54) is 34.6 Å². The standard InChI is InChI=1S/C35H37F3N8O3S.H2/c1-20-24(21-5-7-23(8-6-21)43-10-12-44(13-11-43)34(48)49-35(2,3)4)16-25(31(37)38)26-18-46(42-28(20)26)30(32(47)41-33-39-9-14-50-33)29-27-15-22(36)17-45(27)19-40-29;/h5-9,14,16,18-19,22,30-31H,10-13,15,17H2,1-4H3,(H,39,41,47);1H/t22-,30?;/m1./s1. The second-order valence-electron chi connectivity index (χ2n) is 13.6. The van der Waals surface area contributed by atoms with Crippen molar-refractivity contribution >= 4 is 45.1 Å². The lowest BCUT2D eigenvalue weighted by Gasteiger charge is -2.36. The molecule has 3 aromatic heterocycles. The molecule has 0 saturated carbocycles. The van der Waals surface area contributed by atoms with Gasteiger partial charge in [0.1, 0.15) is 11.8 Å². The lowest BCUT2D eigenvalue weighted by atomic mass is 9.95. The third kappa shape index (κ3) is 6.53. The Hall–Kier alpha value is -4.92. The molecule has 0 bridgehead atoms. The minimum atomic E-state index is -2.82. The van der Waals surface area contributed by atoms with Crippen LogP contribution >= 0.6 is 11.3 Å². The number of rotatable bonds is 7. The summed E-state index contributed by atoms with van der Waals surface area (Å²) < 4.78 is 52.3. The number of anilines is 2. The molecule has 50 heavy (non-hydrogen) atoms. The van der Waals surface area contributed by atoms with E-state index in [1.807, 2.05) is 52.0 Å². The van der Waals surface area contributed by atoms with Crippen molar-refractivity contribution < 1.29 is 28.9 Å². The first-order chi connectivity index (χ1) is 23.9. The summed E-state index contributed by atoms with van der Waals surface area (Å²) in [5.74, 6) is -0.518. The summed E-state index contributed by atoms with van der Waals surface area (Å²) in [7, 11) is 0. The fourth-order valence-corrected chi connectivity index (χ4v) is 7.17. The van der Waals surface area contributed by atoms with E-state index in [2.05, 4.69) is 20.2 Å². The topological polar surface area (TPSA) is 110 Å². The highest BCUT2D eigenvalue weighted by molar-refractivity contribution is 7.13. The summed E-state index contributed by atoms with van der Waals surface area (Å²) in [6, 6.07) is 7.99. The van der Waals surface area contributed by atoms with Crippen molar-refractivity contribution in [2.75, 3.05) is 36.4 Å². The number of piperazine rings is 1. The second kappa shape index (κ2) is 13.1. The van der Waals surface area contributed by atoms with Gasteiger partial charge >= 0.3 is 6.09 Å². The van der Waals surface area contributed by atoms with Gasteiger partial charge in [0.25, 0.3) is 12.3 Å². The van der Waals surface area contributed by atoms with Gasteiger partial charge in [-0.05, 0) is 62.6 Å². The number of imidazole rings is 1. The normalized spacial score (nSPS) is 17.0. The maximum absolute atomic E-state index is 14.7. The molecule has 7 rings (SSSR count). The van der Waals surface area contributed by atoms with Gasteiger partial charge in [0.05, 0.1) is 24.1 Å². The van der Waals surface area contributed by atoms with Gasteiger partial charge in [-0.25, -0.2) is 27.9 Å². The Balaban J connectivity index is 0.00000448. The van der Waals surface area contributed by atoms with Gasteiger partial charge in [-0.1, -0.05) is 12.1 Å². The van der Waals surface area contributed by atoms with Crippen LogP contribution in [0.15, 0.2) is 54.4 Å². The first-order valence-electron chi connectivity index (χ1n) is 16.4. The van der Waals surface area contributed by atoms with E-state index in [0.29, 0.717) is 59.3 Å². The van der Waals surface area contributed by atoms with E-state index < -0.39 is 30.1 Å². The number of ether oxygens (including phenoxy) is 1. The number of aryl methyl sites for hydroxylation is 1. The summed E-state index contributed by atoms with van der Waals surface area (Å²) in [6.07, 6.45) is 0.320. The molecule has 1 unspecified atom stereocenters. The summed E-state index contributed by atoms with van der Waals surface area (Å²) in [4.78, 5) is 38.8. The number of fused-ring (bicyclic) bond motifs is 2. The van der Waals surface area contributed by atoms with Crippen molar-refractivity contribution in [1.82, 2.24) is 29.2 Å². The Bertz CT molecular complexity index is 2040. The minimum absolute atomic E-state index is 0. The van der Waals surface area contributed by atoms with Gasteiger partial charge in [-0.2, -0.15) is 5.10 Å². The Morgan fingerprint density at radius 3 is 2.50 bits per heavy atom. The van der Waals surface area contributed by atoms with Crippen molar-refractivity contribution in [3.05, 3.63) is 76.9 Å². The highest BCUT2D eigenvalue weighted by atomic mass is 32.1. The molecule has 2 amide bonds. The molecule has 1 saturated heterocycles. The van der Waals surface area contributed by atoms with Gasteiger partial charge in [0, 0.05) is 74.1 Å². The molecule has 1 N–H and O–H groups in total. The van der Waals surface area contributed by atoms with E-state index in [0.717, 1.165) is 11.3 Å². The molecule has 2 aliphatic rings. The largest absolute Gasteiger partial charge is 0.444 e. The van der Waals surface area contributed by atoms with E-state index in [1.54, 1.807) is 21.0 Å². The number of benzene rings is 2. The number of nitrogens with one attached hydrogen (secondary N) is 1. The highest BCUT2D eigenvalue weighted by Crippen LogP contribution is 2.38. The van der Waals surface area contributed by atoms with Gasteiger partial charge in [0.15, 0.2) is 11.2 Å². The lowest BCUT2D eigenvalue weighted by Crippen LogP contribution is -2.50. The summed E-state index contributed by atoms with van der Waals surface area (Å²) in [5.41, 5.74) is 3.36. The van der Waals surface area contributed by atoms with Crippen LogP contribution in [-0.2, 0) is 22.5 Å². The van der Waals surface area contributed by atoms with E-state index in [9.17, 15) is 22.8 Å². The molecule has 0 radical (unpaired) electrons. The van der Waals surface area contributed by atoms with Crippen molar-refractivity contribution in [1.29, 1.82) is 0 Å². The molecule has 0 spiro atoms. The van der Waals surface area contributed by atoms with Crippen molar-refractivity contribution in [3.63, 3.8) is 0 Å². The van der Waals surface area contributed by atoms with Crippen LogP contribution in [0.4, 0.5) is 28.8 Å². The molecule has 2 aromatic carbocycles. The average molecular weight is 709 g/mol. The predicted octanol–water partition coefficient (Wildman–Crippen LogP) is 7.03. The number of thiazole rings is 1. The van der Waals surface area contributed by atoms with Gasteiger partial charge in [0.2, 0.25) is 0 Å². The Morgan fingerprint density at radius 2 is 1.84 bits per heavy atom. The fraction of sp³-hybridized carbons (Fsp3) is 0.400. The third-order valence-corrected chi connectivity index (χ3v) is 9.72. The fourth-order valence-electron chi connectivity index (χ4n) is 6.63. The Morgan fingerprint density at radius 1 is 1.10 bits per heavy atom. The molecule has 5 heterocycles. The van der Waals surface area contributed by atoms with Crippen LogP contribution in [0.5, 0.6) is 0 Å². The van der Waals surface area contributed by atoms with Crippen LogP contribution in [0.3, 0.4) is 0 Å². The number of halogens is 3. The number of hydrogen-bond acceptors (Lipinski definition) is 8. The number of amides is 2. The average Bonchev–Trinajstić information content (AvgIpc) is 3.88. The predicted molar refractivity (Wildman–Crippen MR) is 187 cm³/mol. The number of nitrogens with zero attached hydrogens (tertiary/aromatic N) is 7. The molecule has 11 nitrogen and oxygen atoms in total. The molecule has 15 heteroatoms. The van der Waals surface area contributed by atoms with Crippen molar-refractivity contribution in [3.8, 4) is 11.1 Å². The molecule has 1 fully saturated rings. The molecule has 2 atom stereocenters. The molecule has 264 valence electrons. The van der Waals surface area contributed by atoms with Gasteiger partial charge in [-0.15, -0.1) is 11.3 Å². The van der Waals surface area contributed by atoms with Crippen LogP contribution in [-0.4, -0.2) is 79.2 Å². The van der Waals surface area contributed by atoms with E-state index in [-0.39, 0.29) is 31.4 Å². The van der Waals surface area contributed by atoms with Gasteiger partial charge in [-0.3, -0.25) is 14.8 Å². The van der Waals surface area contributed by atoms with Crippen molar-refractivity contribution in [2.24, 2.45) is 0 Å². The molecule has 2 aliphatic heterocycles. The first kappa shape index (κ1) is 33.6. The maximum Gasteiger partial charge on any atom is 0.410 e. The van der Waals surface area contributed by atoms with E-state index in [4.69, 9.17) is 9.84 Å². The van der Waals surface area contributed by atoms with Crippen molar-refractivity contribution in [2.45, 2.75) is 64.9 Å². The monoisotopic (exact) mass is 708 g/mol. The number of carbonyl (C=O) groups excluding carboxylic acids is 2. The van der Waals surface area contributed by atoms with Crippen LogP contribution in [0, 0.1) is 6.92 Å². The minimum Gasteiger partial charge on any atom is -0.444 e. The molecule has 5 aromatic rings. The SMILES string of the molecule is Cc1c(-c2ccc(N3CCN(C(=O)OC(C)(C)C)CC3)cc2)cc(C(F)F)c2cn(C(C(=O)Nc3nccs3)c3ncn4c3C[C@@H](F)C4)nc12.[HH]. The van der Waals surface area contributed by atoms with Crippen LogP contribution < -0.4 is 10.2 Å². The first-order valence-corrected chi connectivity index (χ1v) is 17.3. The summed E-state index contributed by atoms with van der Waals surface area (Å²) >= 11 is 1.23. The Labute approximate surface area is 292 Å². The molecular formula is C35H39F3N8O3S. The lowest BCUT2D eigenvalue weighted by molar-refractivity contribution is -0.118. The van der Waals surface area contributed by atoms with Crippen LogP contribution in [0.25, 0.3) is 22.0 Å². The molecule has 0 aliphatic carbocycles.